The molecule has 1 aromatic heterocycles. The number of nitrogens with zero attached hydrogens (tertiary/aromatic N) is 1. The van der Waals surface area contributed by atoms with Crippen LogP contribution in [0.15, 0.2) is 18.3 Å². The van der Waals surface area contributed by atoms with Crippen molar-refractivity contribution < 1.29 is 9.53 Å². The fourth-order valence-corrected chi connectivity index (χ4v) is 0.982. The van der Waals surface area contributed by atoms with E-state index in [1.54, 1.807) is 13.1 Å². The molecule has 0 radical (unpaired) electrons. The number of pyridine rings is 1. The van der Waals surface area contributed by atoms with Crippen LogP contribution in [0.25, 0.3) is 0 Å². The van der Waals surface area contributed by atoms with Crippen LogP contribution in [0.2, 0.25) is 0 Å². The van der Waals surface area contributed by atoms with E-state index in [4.69, 9.17) is 4.74 Å². The molecule has 13 heavy (non-hydrogen) atoms. The van der Waals surface area contributed by atoms with Crippen LogP contribution in [0.4, 0.5) is 0 Å². The summed E-state index contributed by atoms with van der Waals surface area (Å²) < 4.78 is 4.81. The molecule has 0 unspecified atom stereocenters. The molecular formula is C10H13NO2. The summed E-state index contributed by atoms with van der Waals surface area (Å²) in [6.07, 6.45) is 2.01. The fourth-order valence-electron chi connectivity index (χ4n) is 0.982. The predicted molar refractivity (Wildman–Crippen MR) is 49.3 cm³/mol. The van der Waals surface area contributed by atoms with Gasteiger partial charge < -0.3 is 4.74 Å². The molecule has 0 spiro atoms. The maximum atomic E-state index is 11.0. The molecule has 0 amide bonds. The number of hydrogen-bond acceptors (Lipinski definition) is 3. The number of carbonyl (C=O) groups excluding carboxylic acids is 1. The van der Waals surface area contributed by atoms with Crippen LogP contribution in [0.5, 0.6) is 0 Å². The van der Waals surface area contributed by atoms with E-state index < -0.39 is 0 Å². The summed E-state index contributed by atoms with van der Waals surface area (Å²) in [6, 6.07) is 3.77. The van der Waals surface area contributed by atoms with Crippen LogP contribution >= 0.6 is 0 Å². The molecule has 0 aliphatic heterocycles. The van der Waals surface area contributed by atoms with Crippen LogP contribution < -0.4 is 0 Å². The molecule has 0 aliphatic carbocycles. The van der Waals surface area contributed by atoms with E-state index in [9.17, 15) is 4.79 Å². The summed E-state index contributed by atoms with van der Waals surface area (Å²) in [4.78, 5) is 15.1. The SMILES string of the molecule is CCOC(=O)Cc1ccc(C)nc1. The van der Waals surface area contributed by atoms with Crippen molar-refractivity contribution in [3.05, 3.63) is 29.6 Å². The molecule has 0 bridgehead atoms. The van der Waals surface area contributed by atoms with Gasteiger partial charge in [-0.25, -0.2) is 0 Å². The number of rotatable bonds is 3. The van der Waals surface area contributed by atoms with Crippen molar-refractivity contribution in [2.45, 2.75) is 20.3 Å². The second kappa shape index (κ2) is 4.60. The lowest BCUT2D eigenvalue weighted by molar-refractivity contribution is -0.142. The van der Waals surface area contributed by atoms with Crippen molar-refractivity contribution in [3.63, 3.8) is 0 Å². The minimum absolute atomic E-state index is 0.201. The van der Waals surface area contributed by atoms with E-state index in [0.717, 1.165) is 11.3 Å². The summed E-state index contributed by atoms with van der Waals surface area (Å²) >= 11 is 0. The van der Waals surface area contributed by atoms with Crippen LogP contribution in [-0.4, -0.2) is 17.6 Å². The molecule has 3 nitrogen and oxygen atoms in total. The molecule has 0 N–H and O–H groups in total. The van der Waals surface area contributed by atoms with Gasteiger partial charge in [0, 0.05) is 11.9 Å². The van der Waals surface area contributed by atoms with Gasteiger partial charge in [-0.3, -0.25) is 9.78 Å². The number of aromatic nitrogens is 1. The second-order valence-corrected chi connectivity index (χ2v) is 2.79. The van der Waals surface area contributed by atoms with Gasteiger partial charge in [-0.1, -0.05) is 6.07 Å². The Hall–Kier alpha value is -1.38. The predicted octanol–water partition coefficient (Wildman–Crippen LogP) is 1.50. The first-order valence-corrected chi connectivity index (χ1v) is 4.29. The van der Waals surface area contributed by atoms with Gasteiger partial charge in [-0.05, 0) is 25.5 Å². The van der Waals surface area contributed by atoms with Crippen LogP contribution in [0, 0.1) is 6.92 Å². The van der Waals surface area contributed by atoms with Gasteiger partial charge in [0.15, 0.2) is 0 Å². The lowest BCUT2D eigenvalue weighted by Crippen LogP contribution is -2.07. The third kappa shape index (κ3) is 3.23. The summed E-state index contributed by atoms with van der Waals surface area (Å²) in [5.74, 6) is -0.201. The summed E-state index contributed by atoms with van der Waals surface area (Å²) in [5.41, 5.74) is 1.84. The molecule has 0 fully saturated rings. The van der Waals surface area contributed by atoms with E-state index >= 15 is 0 Å². The standard InChI is InChI=1S/C10H13NO2/c1-3-13-10(12)6-9-5-4-8(2)11-7-9/h4-5,7H,3,6H2,1-2H3. The van der Waals surface area contributed by atoms with Crippen LogP contribution in [0.3, 0.4) is 0 Å². The van der Waals surface area contributed by atoms with Gasteiger partial charge >= 0.3 is 5.97 Å². The minimum Gasteiger partial charge on any atom is -0.466 e. The van der Waals surface area contributed by atoms with Gasteiger partial charge in [-0.2, -0.15) is 0 Å². The highest BCUT2D eigenvalue weighted by Crippen LogP contribution is 2.01. The van der Waals surface area contributed by atoms with Crippen molar-refractivity contribution in [2.24, 2.45) is 0 Å². The molecule has 1 heterocycles. The quantitative estimate of drug-likeness (QED) is 0.660. The van der Waals surface area contributed by atoms with Crippen molar-refractivity contribution in [1.82, 2.24) is 4.98 Å². The fraction of sp³-hybridized carbons (Fsp3) is 0.400. The van der Waals surface area contributed by atoms with Crippen molar-refractivity contribution in [3.8, 4) is 0 Å². The van der Waals surface area contributed by atoms with E-state index in [0.29, 0.717) is 13.0 Å². The number of ether oxygens (including phenoxy) is 1. The smallest absolute Gasteiger partial charge is 0.310 e. The molecule has 70 valence electrons. The lowest BCUT2D eigenvalue weighted by Gasteiger charge is -2.01. The second-order valence-electron chi connectivity index (χ2n) is 2.79. The number of carbonyl (C=O) groups is 1. The van der Waals surface area contributed by atoms with Gasteiger partial charge in [-0.15, -0.1) is 0 Å². The minimum atomic E-state index is -0.201. The van der Waals surface area contributed by atoms with Gasteiger partial charge in [0.2, 0.25) is 0 Å². The molecule has 0 saturated heterocycles. The maximum Gasteiger partial charge on any atom is 0.310 e. The normalized spacial score (nSPS) is 9.69. The lowest BCUT2D eigenvalue weighted by atomic mass is 10.2. The van der Waals surface area contributed by atoms with E-state index in [2.05, 4.69) is 4.98 Å². The van der Waals surface area contributed by atoms with Gasteiger partial charge in [0.1, 0.15) is 0 Å². The first-order chi connectivity index (χ1) is 6.22. The molecule has 1 aromatic rings. The average Bonchev–Trinajstić information content (AvgIpc) is 2.09. The van der Waals surface area contributed by atoms with E-state index in [-0.39, 0.29) is 5.97 Å². The Balaban J connectivity index is 2.54. The van der Waals surface area contributed by atoms with Crippen LogP contribution in [0.1, 0.15) is 18.2 Å². The van der Waals surface area contributed by atoms with Gasteiger partial charge in [0.25, 0.3) is 0 Å². The van der Waals surface area contributed by atoms with Gasteiger partial charge in [0.05, 0.1) is 13.0 Å². The molecule has 3 heteroatoms. The highest BCUT2D eigenvalue weighted by atomic mass is 16.5. The Bertz CT molecular complexity index is 279. The van der Waals surface area contributed by atoms with E-state index in [1.807, 2.05) is 19.1 Å². The maximum absolute atomic E-state index is 11.0. The van der Waals surface area contributed by atoms with Crippen molar-refractivity contribution in [1.29, 1.82) is 0 Å². The molecule has 0 saturated carbocycles. The zero-order valence-electron chi connectivity index (χ0n) is 7.91. The van der Waals surface area contributed by atoms with Crippen molar-refractivity contribution >= 4 is 5.97 Å². The third-order valence-corrected chi connectivity index (χ3v) is 1.63. The Morgan fingerprint density at radius 2 is 2.31 bits per heavy atom. The van der Waals surface area contributed by atoms with Crippen molar-refractivity contribution in [2.75, 3.05) is 6.61 Å². The Morgan fingerprint density at radius 1 is 1.54 bits per heavy atom. The first kappa shape index (κ1) is 9.71. The van der Waals surface area contributed by atoms with E-state index in [1.165, 1.54) is 0 Å². The molecule has 0 atom stereocenters. The molecule has 1 rings (SSSR count). The highest BCUT2D eigenvalue weighted by Gasteiger charge is 2.02. The Labute approximate surface area is 77.8 Å². The first-order valence-electron chi connectivity index (χ1n) is 4.29. The third-order valence-electron chi connectivity index (χ3n) is 1.63. The molecular weight excluding hydrogens is 166 g/mol. The average molecular weight is 179 g/mol. The monoisotopic (exact) mass is 179 g/mol. The highest BCUT2D eigenvalue weighted by molar-refractivity contribution is 5.72. The summed E-state index contributed by atoms with van der Waals surface area (Å²) in [7, 11) is 0. The largest absolute Gasteiger partial charge is 0.466 e. The molecule has 0 aromatic carbocycles. The zero-order valence-corrected chi connectivity index (χ0v) is 7.91. The number of aryl methyl sites for hydroxylation is 1. The Morgan fingerprint density at radius 3 is 2.85 bits per heavy atom. The number of esters is 1. The Kier molecular flexibility index (Phi) is 3.43. The van der Waals surface area contributed by atoms with Crippen LogP contribution in [-0.2, 0) is 16.0 Å². The zero-order chi connectivity index (χ0) is 9.68. The summed E-state index contributed by atoms with van der Waals surface area (Å²) in [5, 5.41) is 0. The molecule has 0 aliphatic rings. The topological polar surface area (TPSA) is 39.2 Å². The summed E-state index contributed by atoms with van der Waals surface area (Å²) in [6.45, 7) is 4.14. The number of hydrogen-bond donors (Lipinski definition) is 0.